The summed E-state index contributed by atoms with van der Waals surface area (Å²) in [6.45, 7) is 0.887. The lowest BCUT2D eigenvalue weighted by atomic mass is 9.86. The molecule has 1 aliphatic rings. The van der Waals surface area contributed by atoms with Crippen LogP contribution in [-0.4, -0.2) is 20.8 Å². The molecule has 0 saturated carbocycles. The molecule has 0 aliphatic carbocycles. The molecule has 0 radical (unpaired) electrons. The van der Waals surface area contributed by atoms with E-state index < -0.39 is 0 Å². The second-order valence-electron chi connectivity index (χ2n) is 6.19. The van der Waals surface area contributed by atoms with E-state index in [1.807, 2.05) is 24.3 Å². The van der Waals surface area contributed by atoms with Gasteiger partial charge in [0.2, 0.25) is 0 Å². The zero-order valence-electron chi connectivity index (χ0n) is 14.3. The van der Waals surface area contributed by atoms with Gasteiger partial charge in [-0.25, -0.2) is 0 Å². The van der Waals surface area contributed by atoms with Crippen molar-refractivity contribution >= 4 is 22.4 Å². The van der Waals surface area contributed by atoms with E-state index in [9.17, 15) is 0 Å². The fourth-order valence-electron chi connectivity index (χ4n) is 3.84. The second kappa shape index (κ2) is 6.58. The van der Waals surface area contributed by atoms with E-state index in [0.717, 1.165) is 45.8 Å². The highest BCUT2D eigenvalue weighted by molar-refractivity contribution is 6.30. The van der Waals surface area contributed by atoms with Crippen molar-refractivity contribution in [1.29, 1.82) is 0 Å². The number of halogens is 1. The summed E-state index contributed by atoms with van der Waals surface area (Å²) in [6, 6.07) is 16.3. The van der Waals surface area contributed by atoms with E-state index in [1.165, 1.54) is 11.1 Å². The highest BCUT2D eigenvalue weighted by atomic mass is 35.5. The number of benzene rings is 3. The Labute approximate surface area is 152 Å². The van der Waals surface area contributed by atoms with Gasteiger partial charge in [-0.1, -0.05) is 48.0 Å². The molecule has 128 valence electrons. The van der Waals surface area contributed by atoms with Crippen LogP contribution in [0.2, 0.25) is 5.02 Å². The summed E-state index contributed by atoms with van der Waals surface area (Å²) in [5.74, 6) is 1.87. The number of nitrogens with one attached hydrogen (secondary N) is 1. The van der Waals surface area contributed by atoms with Gasteiger partial charge in [0.05, 0.1) is 20.3 Å². The molecule has 4 heteroatoms. The largest absolute Gasteiger partial charge is 0.496 e. The molecule has 3 aromatic rings. The fraction of sp³-hybridized carbons (Fsp3) is 0.238. The van der Waals surface area contributed by atoms with E-state index in [-0.39, 0.29) is 6.04 Å². The Bertz CT molecular complexity index is 921. The Kier molecular flexibility index (Phi) is 4.28. The van der Waals surface area contributed by atoms with Crippen molar-refractivity contribution in [2.24, 2.45) is 0 Å². The second-order valence-corrected chi connectivity index (χ2v) is 6.63. The maximum absolute atomic E-state index is 6.07. The molecule has 0 amide bonds. The molecule has 25 heavy (non-hydrogen) atoms. The maximum Gasteiger partial charge on any atom is 0.132 e. The third-order valence-electron chi connectivity index (χ3n) is 4.88. The molecule has 0 bridgehead atoms. The van der Waals surface area contributed by atoms with Gasteiger partial charge in [-0.05, 0) is 24.1 Å². The Morgan fingerprint density at radius 1 is 0.920 bits per heavy atom. The van der Waals surface area contributed by atoms with Gasteiger partial charge in [0.15, 0.2) is 0 Å². The molecular weight excluding hydrogens is 334 g/mol. The summed E-state index contributed by atoms with van der Waals surface area (Å²) in [4.78, 5) is 0. The van der Waals surface area contributed by atoms with E-state index >= 15 is 0 Å². The van der Waals surface area contributed by atoms with Crippen molar-refractivity contribution in [3.05, 3.63) is 70.2 Å². The molecule has 3 aromatic carbocycles. The lowest BCUT2D eigenvalue weighted by Crippen LogP contribution is -2.31. The number of hydrogen-bond donors (Lipinski definition) is 1. The van der Waals surface area contributed by atoms with Crippen LogP contribution in [0.15, 0.2) is 48.5 Å². The first-order chi connectivity index (χ1) is 12.2. The zero-order valence-corrected chi connectivity index (χ0v) is 15.1. The number of hydrogen-bond acceptors (Lipinski definition) is 3. The van der Waals surface area contributed by atoms with Crippen LogP contribution < -0.4 is 14.8 Å². The van der Waals surface area contributed by atoms with Crippen molar-refractivity contribution in [1.82, 2.24) is 5.32 Å². The predicted molar refractivity (Wildman–Crippen MR) is 102 cm³/mol. The molecule has 3 nitrogen and oxygen atoms in total. The van der Waals surface area contributed by atoms with Crippen LogP contribution in [0, 0.1) is 0 Å². The van der Waals surface area contributed by atoms with Crippen molar-refractivity contribution in [2.75, 3.05) is 20.8 Å². The molecule has 0 aromatic heterocycles. The molecule has 1 aliphatic heterocycles. The van der Waals surface area contributed by atoms with E-state index in [1.54, 1.807) is 14.2 Å². The summed E-state index contributed by atoms with van der Waals surface area (Å²) in [6.07, 6.45) is 0.907. The fourth-order valence-corrected chi connectivity index (χ4v) is 3.96. The number of methoxy groups -OCH3 is 2. The van der Waals surface area contributed by atoms with Gasteiger partial charge in [0.1, 0.15) is 11.5 Å². The van der Waals surface area contributed by atoms with E-state index in [0.29, 0.717) is 0 Å². The van der Waals surface area contributed by atoms with Gasteiger partial charge < -0.3 is 14.8 Å². The summed E-state index contributed by atoms with van der Waals surface area (Å²) in [5.41, 5.74) is 3.55. The van der Waals surface area contributed by atoms with Crippen LogP contribution in [0.1, 0.15) is 22.7 Å². The number of fused-ring (bicyclic) bond motifs is 2. The normalized spacial score (nSPS) is 16.5. The molecule has 0 saturated heterocycles. The molecule has 1 N–H and O–H groups in total. The van der Waals surface area contributed by atoms with Crippen LogP contribution in [0.4, 0.5) is 0 Å². The maximum atomic E-state index is 6.07. The average Bonchev–Trinajstić information content (AvgIpc) is 2.66. The van der Waals surface area contributed by atoms with Crippen LogP contribution >= 0.6 is 11.6 Å². The third-order valence-corrected chi connectivity index (χ3v) is 5.14. The van der Waals surface area contributed by atoms with Gasteiger partial charge in [0.25, 0.3) is 0 Å². The van der Waals surface area contributed by atoms with Crippen LogP contribution in [0.3, 0.4) is 0 Å². The lowest BCUT2D eigenvalue weighted by Gasteiger charge is -2.31. The topological polar surface area (TPSA) is 30.5 Å². The number of ether oxygens (including phenoxy) is 2. The van der Waals surface area contributed by atoms with Crippen molar-refractivity contribution < 1.29 is 9.47 Å². The van der Waals surface area contributed by atoms with Crippen molar-refractivity contribution in [3.63, 3.8) is 0 Å². The van der Waals surface area contributed by atoms with Crippen LogP contribution in [0.25, 0.3) is 10.8 Å². The summed E-state index contributed by atoms with van der Waals surface area (Å²) < 4.78 is 11.7. The van der Waals surface area contributed by atoms with Gasteiger partial charge in [-0.2, -0.15) is 0 Å². The Morgan fingerprint density at radius 2 is 1.56 bits per heavy atom. The third kappa shape index (κ3) is 2.64. The number of rotatable bonds is 3. The van der Waals surface area contributed by atoms with Gasteiger partial charge in [-0.15, -0.1) is 0 Å². The molecule has 1 atom stereocenters. The molecule has 1 unspecified atom stereocenters. The lowest BCUT2D eigenvalue weighted by molar-refractivity contribution is 0.390. The molecule has 0 spiro atoms. The minimum absolute atomic E-state index is 0.0504. The van der Waals surface area contributed by atoms with Gasteiger partial charge in [-0.3, -0.25) is 0 Å². The Balaban J connectivity index is 2.02. The standard InChI is InChI=1S/C21H20ClNO2/c1-24-20-15-5-3-4-6-16(15)21(25-2)18-17(20)11-12-23-19(18)13-7-9-14(22)10-8-13/h3-10,19,23H,11-12H2,1-2H3. The van der Waals surface area contributed by atoms with Crippen molar-refractivity contribution in [2.45, 2.75) is 12.5 Å². The first-order valence-corrected chi connectivity index (χ1v) is 8.76. The van der Waals surface area contributed by atoms with Crippen LogP contribution in [0.5, 0.6) is 11.5 Å². The van der Waals surface area contributed by atoms with E-state index in [2.05, 4.69) is 29.6 Å². The Morgan fingerprint density at radius 3 is 2.20 bits per heavy atom. The first-order valence-electron chi connectivity index (χ1n) is 8.39. The first kappa shape index (κ1) is 16.2. The highest BCUT2D eigenvalue weighted by Gasteiger charge is 2.30. The van der Waals surface area contributed by atoms with Gasteiger partial charge >= 0.3 is 0 Å². The minimum Gasteiger partial charge on any atom is -0.496 e. The van der Waals surface area contributed by atoms with Gasteiger partial charge in [0, 0.05) is 33.5 Å². The Hall–Kier alpha value is -2.23. The van der Waals surface area contributed by atoms with Crippen molar-refractivity contribution in [3.8, 4) is 11.5 Å². The summed E-state index contributed by atoms with van der Waals surface area (Å²) in [5, 5.41) is 6.53. The summed E-state index contributed by atoms with van der Waals surface area (Å²) >= 11 is 6.07. The zero-order chi connectivity index (χ0) is 17.4. The van der Waals surface area contributed by atoms with Crippen LogP contribution in [-0.2, 0) is 6.42 Å². The average molecular weight is 354 g/mol. The molecule has 4 rings (SSSR count). The summed E-state index contributed by atoms with van der Waals surface area (Å²) in [7, 11) is 3.48. The molecular formula is C21H20ClNO2. The minimum atomic E-state index is 0.0504. The quantitative estimate of drug-likeness (QED) is 0.737. The molecule has 0 fully saturated rings. The highest BCUT2D eigenvalue weighted by Crippen LogP contribution is 2.46. The predicted octanol–water partition coefficient (Wildman–Crippen LogP) is 4.75. The smallest absolute Gasteiger partial charge is 0.132 e. The van der Waals surface area contributed by atoms with E-state index in [4.69, 9.17) is 21.1 Å². The molecule has 1 heterocycles. The SMILES string of the molecule is COc1c2c(c(OC)c3ccccc13)C(c1ccc(Cl)cc1)NCC2. The monoisotopic (exact) mass is 353 g/mol.